The van der Waals surface area contributed by atoms with Crippen LogP contribution in [0.3, 0.4) is 0 Å². The number of amides is 1. The molecule has 0 radical (unpaired) electrons. The molecule has 0 saturated heterocycles. The number of para-hydroxylation sites is 1. The number of hydrogen-bond donors (Lipinski definition) is 1. The third-order valence-electron chi connectivity index (χ3n) is 3.06. The summed E-state index contributed by atoms with van der Waals surface area (Å²) in [6.45, 7) is 5.43. The Hall–Kier alpha value is -1.85. The summed E-state index contributed by atoms with van der Waals surface area (Å²) < 4.78 is 6.27. The Morgan fingerprint density at radius 3 is 2.30 bits per heavy atom. The number of benzene rings is 2. The maximum atomic E-state index is 12.7. The maximum Gasteiger partial charge on any atom is 0.419 e. The monoisotopic (exact) mass is 377 g/mol. The number of hydrogen-bond acceptors (Lipinski definition) is 3. The van der Waals surface area contributed by atoms with Gasteiger partial charge in [-0.1, -0.05) is 40.2 Å². The van der Waals surface area contributed by atoms with Crippen LogP contribution >= 0.6 is 15.9 Å². The SMILES string of the molecule is CC(C)(C)OC(=O)N(c1ccccc1)c1ccc(CO)c(Br)c1. The molecule has 1 N–H and O–H groups in total. The fourth-order valence-corrected chi connectivity index (χ4v) is 2.54. The molecule has 4 nitrogen and oxygen atoms in total. The van der Waals surface area contributed by atoms with E-state index in [1.807, 2.05) is 51.1 Å². The molecule has 0 aliphatic carbocycles. The van der Waals surface area contributed by atoms with E-state index in [0.717, 1.165) is 10.0 Å². The number of carbonyl (C=O) groups is 1. The second kappa shape index (κ2) is 7.15. The van der Waals surface area contributed by atoms with Crippen molar-refractivity contribution >= 4 is 33.4 Å². The molecule has 0 aromatic heterocycles. The topological polar surface area (TPSA) is 49.8 Å². The number of ether oxygens (including phenoxy) is 1. The molecule has 0 saturated carbocycles. The first-order valence-electron chi connectivity index (χ1n) is 7.29. The highest BCUT2D eigenvalue weighted by atomic mass is 79.9. The molecule has 1 amide bonds. The smallest absolute Gasteiger partial charge is 0.419 e. The van der Waals surface area contributed by atoms with Crippen LogP contribution in [0.1, 0.15) is 26.3 Å². The van der Waals surface area contributed by atoms with Gasteiger partial charge >= 0.3 is 6.09 Å². The van der Waals surface area contributed by atoms with Gasteiger partial charge < -0.3 is 9.84 Å². The Balaban J connectivity index is 2.46. The highest BCUT2D eigenvalue weighted by Crippen LogP contribution is 2.31. The standard InChI is InChI=1S/C18H20BrNO3/c1-18(2,3)23-17(22)20(14-7-5-4-6-8-14)15-10-9-13(12-21)16(19)11-15/h4-11,21H,12H2,1-3H3. The predicted octanol–water partition coefficient (Wildman–Crippen LogP) is 5.01. The van der Waals surface area contributed by atoms with E-state index >= 15 is 0 Å². The quantitative estimate of drug-likeness (QED) is 0.817. The van der Waals surface area contributed by atoms with Crippen molar-refractivity contribution < 1.29 is 14.6 Å². The number of aliphatic hydroxyl groups excluding tert-OH is 1. The third-order valence-corrected chi connectivity index (χ3v) is 3.79. The molecule has 0 unspecified atom stereocenters. The van der Waals surface area contributed by atoms with E-state index in [9.17, 15) is 9.90 Å². The zero-order valence-corrected chi connectivity index (χ0v) is 15.0. The summed E-state index contributed by atoms with van der Waals surface area (Å²) in [5.74, 6) is 0. The van der Waals surface area contributed by atoms with Crippen LogP contribution in [-0.4, -0.2) is 16.8 Å². The van der Waals surface area contributed by atoms with Crippen molar-refractivity contribution in [3.63, 3.8) is 0 Å². The lowest BCUT2D eigenvalue weighted by Crippen LogP contribution is -2.33. The molecule has 2 aromatic carbocycles. The van der Waals surface area contributed by atoms with Gasteiger partial charge in [0.15, 0.2) is 0 Å². The summed E-state index contributed by atoms with van der Waals surface area (Å²) in [7, 11) is 0. The molecule has 5 heteroatoms. The number of rotatable bonds is 3. The zero-order chi connectivity index (χ0) is 17.0. The minimum absolute atomic E-state index is 0.0708. The Kier molecular flexibility index (Phi) is 5.44. The van der Waals surface area contributed by atoms with E-state index < -0.39 is 11.7 Å². The normalized spacial score (nSPS) is 11.2. The maximum absolute atomic E-state index is 12.7. The molecule has 2 rings (SSSR count). The second-order valence-corrected chi connectivity index (χ2v) is 6.94. The van der Waals surface area contributed by atoms with Crippen LogP contribution in [-0.2, 0) is 11.3 Å². The summed E-state index contributed by atoms with van der Waals surface area (Å²) in [5.41, 5.74) is 1.54. The van der Waals surface area contributed by atoms with Gasteiger partial charge in [-0.3, -0.25) is 0 Å². The van der Waals surface area contributed by atoms with Gasteiger partial charge in [0.1, 0.15) is 5.60 Å². The molecule has 0 atom stereocenters. The first-order valence-corrected chi connectivity index (χ1v) is 8.08. The molecule has 2 aromatic rings. The van der Waals surface area contributed by atoms with E-state index in [1.54, 1.807) is 18.2 Å². The Labute approximate surface area is 144 Å². The van der Waals surface area contributed by atoms with Crippen molar-refractivity contribution in [1.82, 2.24) is 0 Å². The van der Waals surface area contributed by atoms with Crippen LogP contribution in [0.4, 0.5) is 16.2 Å². The average Bonchev–Trinajstić information content (AvgIpc) is 2.47. The minimum Gasteiger partial charge on any atom is -0.443 e. The molecule has 0 spiro atoms. The number of aliphatic hydroxyl groups is 1. The van der Waals surface area contributed by atoms with Crippen LogP contribution in [0.15, 0.2) is 53.0 Å². The number of carbonyl (C=O) groups excluding carboxylic acids is 1. The van der Waals surface area contributed by atoms with Gasteiger partial charge in [-0.2, -0.15) is 0 Å². The molecular formula is C18H20BrNO3. The molecule has 0 aliphatic heterocycles. The molecule has 122 valence electrons. The van der Waals surface area contributed by atoms with E-state index in [-0.39, 0.29) is 6.61 Å². The number of halogens is 1. The van der Waals surface area contributed by atoms with E-state index in [4.69, 9.17) is 4.74 Å². The van der Waals surface area contributed by atoms with Gasteiger partial charge in [-0.15, -0.1) is 0 Å². The lowest BCUT2D eigenvalue weighted by Gasteiger charge is -2.27. The number of nitrogens with zero attached hydrogens (tertiary/aromatic N) is 1. The van der Waals surface area contributed by atoms with Crippen molar-refractivity contribution in [3.8, 4) is 0 Å². The molecule has 0 heterocycles. The Morgan fingerprint density at radius 1 is 1.13 bits per heavy atom. The fraction of sp³-hybridized carbons (Fsp3) is 0.278. The predicted molar refractivity (Wildman–Crippen MR) is 94.9 cm³/mol. The van der Waals surface area contributed by atoms with Gasteiger partial charge in [0.05, 0.1) is 18.0 Å². The van der Waals surface area contributed by atoms with Gasteiger partial charge in [0.2, 0.25) is 0 Å². The van der Waals surface area contributed by atoms with Crippen LogP contribution in [0.5, 0.6) is 0 Å². The van der Waals surface area contributed by atoms with Gasteiger partial charge in [0.25, 0.3) is 0 Å². The number of anilines is 2. The lowest BCUT2D eigenvalue weighted by atomic mass is 10.2. The lowest BCUT2D eigenvalue weighted by molar-refractivity contribution is 0.0599. The van der Waals surface area contributed by atoms with Gasteiger partial charge in [-0.25, -0.2) is 9.69 Å². The summed E-state index contributed by atoms with van der Waals surface area (Å²) >= 11 is 3.42. The Morgan fingerprint density at radius 2 is 1.78 bits per heavy atom. The van der Waals surface area contributed by atoms with E-state index in [1.165, 1.54) is 4.90 Å². The fourth-order valence-electron chi connectivity index (χ4n) is 2.05. The zero-order valence-electron chi connectivity index (χ0n) is 13.4. The van der Waals surface area contributed by atoms with Gasteiger partial charge in [0, 0.05) is 4.47 Å². The van der Waals surface area contributed by atoms with Crippen molar-refractivity contribution in [2.75, 3.05) is 4.90 Å². The summed E-state index contributed by atoms with van der Waals surface area (Å²) in [4.78, 5) is 14.2. The minimum atomic E-state index is -0.591. The van der Waals surface area contributed by atoms with E-state index in [0.29, 0.717) is 11.4 Å². The summed E-state index contributed by atoms with van der Waals surface area (Å²) in [6, 6.07) is 14.7. The third kappa shape index (κ3) is 4.56. The van der Waals surface area contributed by atoms with Crippen LogP contribution < -0.4 is 4.90 Å². The van der Waals surface area contributed by atoms with Crippen molar-refractivity contribution in [2.45, 2.75) is 33.0 Å². The summed E-state index contributed by atoms with van der Waals surface area (Å²) in [6.07, 6.45) is -0.452. The molecule has 0 bridgehead atoms. The summed E-state index contributed by atoms with van der Waals surface area (Å²) in [5, 5.41) is 9.29. The average molecular weight is 378 g/mol. The molecule has 0 fully saturated rings. The molecular weight excluding hydrogens is 358 g/mol. The first-order chi connectivity index (χ1) is 10.8. The van der Waals surface area contributed by atoms with Crippen molar-refractivity contribution in [3.05, 3.63) is 58.6 Å². The second-order valence-electron chi connectivity index (χ2n) is 6.09. The van der Waals surface area contributed by atoms with Crippen LogP contribution in [0.25, 0.3) is 0 Å². The van der Waals surface area contributed by atoms with Crippen LogP contribution in [0.2, 0.25) is 0 Å². The molecule has 23 heavy (non-hydrogen) atoms. The van der Waals surface area contributed by atoms with Crippen molar-refractivity contribution in [2.24, 2.45) is 0 Å². The van der Waals surface area contributed by atoms with Crippen LogP contribution in [0, 0.1) is 0 Å². The van der Waals surface area contributed by atoms with E-state index in [2.05, 4.69) is 15.9 Å². The van der Waals surface area contributed by atoms with Gasteiger partial charge in [-0.05, 0) is 50.6 Å². The van der Waals surface area contributed by atoms with Crippen molar-refractivity contribution in [1.29, 1.82) is 0 Å². The Bertz CT molecular complexity index is 680. The highest BCUT2D eigenvalue weighted by Gasteiger charge is 2.25. The first kappa shape index (κ1) is 17.5. The largest absolute Gasteiger partial charge is 0.443 e. The molecule has 0 aliphatic rings. The highest BCUT2D eigenvalue weighted by molar-refractivity contribution is 9.10.